The van der Waals surface area contributed by atoms with Crippen LogP contribution in [-0.4, -0.2) is 32.2 Å². The molecule has 1 rings (SSSR count). The van der Waals surface area contributed by atoms with Crippen LogP contribution in [0.5, 0.6) is 0 Å². The Labute approximate surface area is 74.0 Å². The van der Waals surface area contributed by atoms with E-state index < -0.39 is 5.79 Å². The molecule has 3 nitrogen and oxygen atoms in total. The van der Waals surface area contributed by atoms with Crippen LogP contribution in [0.4, 0.5) is 0 Å². The number of rotatable bonds is 4. The van der Waals surface area contributed by atoms with Crippen molar-refractivity contribution in [3.63, 3.8) is 0 Å². The predicted octanol–water partition coefficient (Wildman–Crippen LogP) is 1.57. The Morgan fingerprint density at radius 1 is 1.42 bits per heavy atom. The first-order valence-corrected chi connectivity index (χ1v) is 4.62. The van der Waals surface area contributed by atoms with Gasteiger partial charge in [0.15, 0.2) is 5.79 Å². The SMILES string of the molecule is CCCCOC1(C)COCCO1. The van der Waals surface area contributed by atoms with E-state index in [4.69, 9.17) is 14.2 Å². The molecule has 0 aromatic carbocycles. The topological polar surface area (TPSA) is 27.7 Å². The summed E-state index contributed by atoms with van der Waals surface area (Å²) < 4.78 is 16.3. The van der Waals surface area contributed by atoms with Crippen LogP contribution in [0.25, 0.3) is 0 Å². The van der Waals surface area contributed by atoms with Crippen molar-refractivity contribution in [2.45, 2.75) is 32.5 Å². The van der Waals surface area contributed by atoms with Crippen LogP contribution in [0.15, 0.2) is 0 Å². The molecule has 3 heteroatoms. The summed E-state index contributed by atoms with van der Waals surface area (Å²) in [6.45, 7) is 6.72. The van der Waals surface area contributed by atoms with Crippen molar-refractivity contribution in [1.29, 1.82) is 0 Å². The summed E-state index contributed by atoms with van der Waals surface area (Å²) in [5.41, 5.74) is 0. The van der Waals surface area contributed by atoms with Crippen molar-refractivity contribution >= 4 is 0 Å². The van der Waals surface area contributed by atoms with Crippen molar-refractivity contribution in [2.24, 2.45) is 0 Å². The van der Waals surface area contributed by atoms with E-state index in [2.05, 4.69) is 6.92 Å². The van der Waals surface area contributed by atoms with Gasteiger partial charge in [-0.3, -0.25) is 0 Å². The van der Waals surface area contributed by atoms with Gasteiger partial charge in [-0.15, -0.1) is 0 Å². The first kappa shape index (κ1) is 9.96. The molecular formula is C9H18O3. The van der Waals surface area contributed by atoms with E-state index in [0.29, 0.717) is 19.8 Å². The Morgan fingerprint density at radius 2 is 2.25 bits per heavy atom. The van der Waals surface area contributed by atoms with Crippen LogP contribution in [-0.2, 0) is 14.2 Å². The normalized spacial score (nSPS) is 30.5. The summed E-state index contributed by atoms with van der Waals surface area (Å²) >= 11 is 0. The molecule has 0 amide bonds. The van der Waals surface area contributed by atoms with Crippen LogP contribution in [0.2, 0.25) is 0 Å². The maximum atomic E-state index is 5.56. The van der Waals surface area contributed by atoms with Crippen LogP contribution in [0.1, 0.15) is 26.7 Å². The van der Waals surface area contributed by atoms with Gasteiger partial charge in [-0.25, -0.2) is 0 Å². The molecule has 0 aromatic heterocycles. The van der Waals surface area contributed by atoms with Gasteiger partial charge in [0.2, 0.25) is 0 Å². The molecule has 1 saturated heterocycles. The molecule has 0 aromatic rings. The highest BCUT2D eigenvalue weighted by atomic mass is 16.7. The average Bonchev–Trinajstić information content (AvgIpc) is 2.06. The second-order valence-corrected chi connectivity index (χ2v) is 3.24. The summed E-state index contributed by atoms with van der Waals surface area (Å²) in [6.07, 6.45) is 2.23. The van der Waals surface area contributed by atoms with Gasteiger partial charge >= 0.3 is 0 Å². The summed E-state index contributed by atoms with van der Waals surface area (Å²) in [5.74, 6) is -0.493. The molecule has 1 aliphatic heterocycles. The van der Waals surface area contributed by atoms with Gasteiger partial charge in [-0.1, -0.05) is 13.3 Å². The Morgan fingerprint density at radius 3 is 2.83 bits per heavy atom. The second-order valence-electron chi connectivity index (χ2n) is 3.24. The van der Waals surface area contributed by atoms with Crippen LogP contribution >= 0.6 is 0 Å². The van der Waals surface area contributed by atoms with Crippen LogP contribution < -0.4 is 0 Å². The molecule has 1 unspecified atom stereocenters. The van der Waals surface area contributed by atoms with Crippen molar-refractivity contribution in [3.8, 4) is 0 Å². The largest absolute Gasteiger partial charge is 0.373 e. The number of unbranched alkanes of at least 4 members (excludes halogenated alkanes) is 1. The average molecular weight is 174 g/mol. The zero-order valence-corrected chi connectivity index (χ0v) is 7.97. The van der Waals surface area contributed by atoms with E-state index in [0.717, 1.165) is 19.4 Å². The molecule has 0 bridgehead atoms. The molecule has 1 aliphatic rings. The highest BCUT2D eigenvalue weighted by Gasteiger charge is 2.28. The maximum absolute atomic E-state index is 5.56. The molecular weight excluding hydrogens is 156 g/mol. The van der Waals surface area contributed by atoms with E-state index in [1.807, 2.05) is 6.92 Å². The minimum Gasteiger partial charge on any atom is -0.373 e. The van der Waals surface area contributed by atoms with Crippen molar-refractivity contribution in [1.82, 2.24) is 0 Å². The third-order valence-electron chi connectivity index (χ3n) is 1.90. The van der Waals surface area contributed by atoms with E-state index in [1.165, 1.54) is 0 Å². The summed E-state index contributed by atoms with van der Waals surface area (Å²) in [4.78, 5) is 0. The Balaban J connectivity index is 2.17. The highest BCUT2D eigenvalue weighted by Crippen LogP contribution is 2.17. The number of hydrogen-bond acceptors (Lipinski definition) is 3. The molecule has 1 fully saturated rings. The standard InChI is InChI=1S/C9H18O3/c1-3-4-5-11-9(2)8-10-6-7-12-9/h3-8H2,1-2H3. The Kier molecular flexibility index (Phi) is 3.98. The first-order valence-electron chi connectivity index (χ1n) is 4.62. The second kappa shape index (κ2) is 4.80. The van der Waals surface area contributed by atoms with Crippen LogP contribution in [0.3, 0.4) is 0 Å². The lowest BCUT2D eigenvalue weighted by molar-refractivity contribution is -0.282. The third kappa shape index (κ3) is 3.09. The minimum atomic E-state index is -0.493. The van der Waals surface area contributed by atoms with Crippen molar-refractivity contribution in [2.75, 3.05) is 26.4 Å². The van der Waals surface area contributed by atoms with E-state index in [-0.39, 0.29) is 0 Å². The van der Waals surface area contributed by atoms with E-state index >= 15 is 0 Å². The molecule has 0 spiro atoms. The fourth-order valence-electron chi connectivity index (χ4n) is 1.13. The molecule has 0 radical (unpaired) electrons. The summed E-state index contributed by atoms with van der Waals surface area (Å²) in [7, 11) is 0. The van der Waals surface area contributed by atoms with Gasteiger partial charge < -0.3 is 14.2 Å². The Bertz CT molecular complexity index is 119. The summed E-state index contributed by atoms with van der Waals surface area (Å²) in [5, 5.41) is 0. The zero-order valence-electron chi connectivity index (χ0n) is 7.97. The molecule has 0 saturated carbocycles. The zero-order chi connectivity index (χ0) is 8.86. The van der Waals surface area contributed by atoms with Crippen molar-refractivity contribution in [3.05, 3.63) is 0 Å². The van der Waals surface area contributed by atoms with E-state index in [1.54, 1.807) is 0 Å². The minimum absolute atomic E-state index is 0.493. The summed E-state index contributed by atoms with van der Waals surface area (Å²) in [6, 6.07) is 0. The lowest BCUT2D eigenvalue weighted by Gasteiger charge is -2.33. The smallest absolute Gasteiger partial charge is 0.188 e. The van der Waals surface area contributed by atoms with Gasteiger partial charge in [-0.2, -0.15) is 0 Å². The van der Waals surface area contributed by atoms with Crippen LogP contribution in [0, 0.1) is 0 Å². The molecule has 0 aliphatic carbocycles. The Hall–Kier alpha value is -0.120. The van der Waals surface area contributed by atoms with Gasteiger partial charge in [0.05, 0.1) is 19.8 Å². The fourth-order valence-corrected chi connectivity index (χ4v) is 1.13. The fraction of sp³-hybridized carbons (Fsp3) is 1.00. The van der Waals surface area contributed by atoms with Gasteiger partial charge in [0.25, 0.3) is 0 Å². The van der Waals surface area contributed by atoms with Gasteiger partial charge in [-0.05, 0) is 13.3 Å². The highest BCUT2D eigenvalue weighted by molar-refractivity contribution is 4.65. The van der Waals surface area contributed by atoms with Gasteiger partial charge in [0.1, 0.15) is 6.61 Å². The number of hydrogen-bond donors (Lipinski definition) is 0. The van der Waals surface area contributed by atoms with E-state index in [9.17, 15) is 0 Å². The molecule has 1 atom stereocenters. The molecule has 0 N–H and O–H groups in total. The first-order chi connectivity index (χ1) is 5.77. The van der Waals surface area contributed by atoms with Gasteiger partial charge in [0, 0.05) is 0 Å². The lowest BCUT2D eigenvalue weighted by atomic mass is 10.3. The maximum Gasteiger partial charge on any atom is 0.188 e. The molecule has 72 valence electrons. The predicted molar refractivity (Wildman–Crippen MR) is 46.0 cm³/mol. The monoisotopic (exact) mass is 174 g/mol. The molecule has 12 heavy (non-hydrogen) atoms. The number of ether oxygens (including phenoxy) is 3. The lowest BCUT2D eigenvalue weighted by Crippen LogP contribution is -2.43. The molecule has 1 heterocycles. The third-order valence-corrected chi connectivity index (χ3v) is 1.90. The van der Waals surface area contributed by atoms with Crippen molar-refractivity contribution < 1.29 is 14.2 Å². The quantitative estimate of drug-likeness (QED) is 0.605.